The van der Waals surface area contributed by atoms with Gasteiger partial charge in [-0.15, -0.1) is 11.3 Å². The number of aryl methyl sites for hydroxylation is 1. The van der Waals surface area contributed by atoms with E-state index in [1.807, 2.05) is 0 Å². The van der Waals surface area contributed by atoms with E-state index in [0.717, 1.165) is 44.1 Å². The van der Waals surface area contributed by atoms with Crippen molar-refractivity contribution >= 4 is 28.2 Å². The summed E-state index contributed by atoms with van der Waals surface area (Å²) in [5.41, 5.74) is 1.70. The van der Waals surface area contributed by atoms with Gasteiger partial charge in [0.05, 0.1) is 12.7 Å². The van der Waals surface area contributed by atoms with E-state index in [9.17, 15) is 9.59 Å². The fourth-order valence-electron chi connectivity index (χ4n) is 3.40. The lowest BCUT2D eigenvalue weighted by atomic mass is 10.1. The van der Waals surface area contributed by atoms with E-state index in [0.29, 0.717) is 17.0 Å². The number of fused-ring (bicyclic) bond motifs is 1. The van der Waals surface area contributed by atoms with Crippen LogP contribution >= 0.6 is 11.3 Å². The van der Waals surface area contributed by atoms with Gasteiger partial charge in [0.1, 0.15) is 5.00 Å². The van der Waals surface area contributed by atoms with Gasteiger partial charge in [0, 0.05) is 11.3 Å². The van der Waals surface area contributed by atoms with Gasteiger partial charge in [-0.2, -0.15) is 0 Å². The van der Waals surface area contributed by atoms with Crippen LogP contribution in [0.3, 0.4) is 0 Å². The molecule has 1 aromatic rings. The molecule has 140 valence electrons. The van der Waals surface area contributed by atoms with Gasteiger partial charge in [0.25, 0.3) is 0 Å². The summed E-state index contributed by atoms with van der Waals surface area (Å²) in [6, 6.07) is 0. The maximum absolute atomic E-state index is 12.3. The SMILES string of the molecule is CCCCCCCCC(=O)Nc1sc2c(c1C(=O)OC)CCCCC2. The summed E-state index contributed by atoms with van der Waals surface area (Å²) < 4.78 is 4.98. The number of anilines is 1. The molecule has 1 heterocycles. The molecule has 0 bridgehead atoms. The van der Waals surface area contributed by atoms with Crippen LogP contribution in [0.25, 0.3) is 0 Å². The summed E-state index contributed by atoms with van der Waals surface area (Å²) in [6.45, 7) is 2.20. The number of hydrogen-bond donors (Lipinski definition) is 1. The van der Waals surface area contributed by atoms with Gasteiger partial charge >= 0.3 is 5.97 Å². The average Bonchev–Trinajstić information content (AvgIpc) is 2.78. The zero-order chi connectivity index (χ0) is 18.1. The lowest BCUT2D eigenvalue weighted by molar-refractivity contribution is -0.116. The van der Waals surface area contributed by atoms with E-state index >= 15 is 0 Å². The van der Waals surface area contributed by atoms with Crippen LogP contribution in [0.2, 0.25) is 0 Å². The van der Waals surface area contributed by atoms with Crippen molar-refractivity contribution in [2.75, 3.05) is 12.4 Å². The molecule has 0 fully saturated rings. The van der Waals surface area contributed by atoms with E-state index in [4.69, 9.17) is 4.74 Å². The maximum Gasteiger partial charge on any atom is 0.341 e. The van der Waals surface area contributed by atoms with Crippen LogP contribution in [-0.2, 0) is 22.4 Å². The van der Waals surface area contributed by atoms with Crippen LogP contribution in [0.5, 0.6) is 0 Å². The summed E-state index contributed by atoms with van der Waals surface area (Å²) in [5, 5.41) is 3.67. The van der Waals surface area contributed by atoms with E-state index in [-0.39, 0.29) is 11.9 Å². The second-order valence-electron chi connectivity index (χ2n) is 6.83. The molecular formula is C20H31NO3S. The highest BCUT2D eigenvalue weighted by atomic mass is 32.1. The Kier molecular flexibility index (Phi) is 8.45. The number of esters is 1. The predicted octanol–water partition coefficient (Wildman–Crippen LogP) is 5.49. The third-order valence-electron chi connectivity index (χ3n) is 4.82. The molecule has 25 heavy (non-hydrogen) atoms. The van der Waals surface area contributed by atoms with Crippen molar-refractivity contribution in [1.82, 2.24) is 0 Å². The quantitative estimate of drug-likeness (QED) is 0.357. The summed E-state index contributed by atoms with van der Waals surface area (Å²) in [4.78, 5) is 25.8. The Morgan fingerprint density at radius 3 is 2.52 bits per heavy atom. The minimum absolute atomic E-state index is 0.0112. The van der Waals surface area contributed by atoms with Crippen LogP contribution in [0.4, 0.5) is 5.00 Å². The van der Waals surface area contributed by atoms with Gasteiger partial charge in [-0.1, -0.05) is 45.4 Å². The van der Waals surface area contributed by atoms with Gasteiger partial charge < -0.3 is 10.1 Å². The van der Waals surface area contributed by atoms with Crippen LogP contribution in [0, 0.1) is 0 Å². The molecular weight excluding hydrogens is 334 g/mol. The van der Waals surface area contributed by atoms with Gasteiger partial charge in [-0.05, 0) is 37.7 Å². The first-order valence-corrected chi connectivity index (χ1v) is 10.5. The normalized spacial score (nSPS) is 13.8. The number of unbranched alkanes of at least 4 members (excludes halogenated alkanes) is 5. The van der Waals surface area contributed by atoms with Crippen molar-refractivity contribution in [1.29, 1.82) is 0 Å². The summed E-state index contributed by atoms with van der Waals surface area (Å²) >= 11 is 1.56. The second-order valence-corrected chi connectivity index (χ2v) is 7.93. The Morgan fingerprint density at radius 2 is 1.76 bits per heavy atom. The minimum Gasteiger partial charge on any atom is -0.465 e. The molecule has 0 radical (unpaired) electrons. The second kappa shape index (κ2) is 10.6. The highest BCUT2D eigenvalue weighted by molar-refractivity contribution is 7.17. The lowest BCUT2D eigenvalue weighted by Gasteiger charge is -2.07. The molecule has 0 saturated heterocycles. The third kappa shape index (κ3) is 5.84. The van der Waals surface area contributed by atoms with E-state index in [2.05, 4.69) is 12.2 Å². The smallest absolute Gasteiger partial charge is 0.341 e. The molecule has 0 unspecified atom stereocenters. The molecule has 1 aliphatic carbocycles. The Morgan fingerprint density at radius 1 is 1.04 bits per heavy atom. The molecule has 1 aromatic heterocycles. The van der Waals surface area contributed by atoms with Crippen LogP contribution in [-0.4, -0.2) is 19.0 Å². The van der Waals surface area contributed by atoms with Crippen LogP contribution < -0.4 is 5.32 Å². The lowest BCUT2D eigenvalue weighted by Crippen LogP contribution is -2.14. The first-order valence-electron chi connectivity index (χ1n) is 9.70. The molecule has 0 atom stereocenters. The average molecular weight is 366 g/mol. The molecule has 1 aliphatic rings. The van der Waals surface area contributed by atoms with Gasteiger partial charge in [0.15, 0.2) is 0 Å². The molecule has 0 saturated carbocycles. The monoisotopic (exact) mass is 365 g/mol. The van der Waals surface area contributed by atoms with Crippen molar-refractivity contribution in [2.45, 2.75) is 84.0 Å². The minimum atomic E-state index is -0.325. The number of thiophene rings is 1. The third-order valence-corrected chi connectivity index (χ3v) is 6.03. The Labute approximate surface area is 155 Å². The first kappa shape index (κ1) is 20.0. The molecule has 1 N–H and O–H groups in total. The summed E-state index contributed by atoms with van der Waals surface area (Å²) in [7, 11) is 1.41. The number of carbonyl (C=O) groups excluding carboxylic acids is 2. The van der Waals surface area contributed by atoms with E-state index in [1.54, 1.807) is 11.3 Å². The number of amides is 1. The number of methoxy groups -OCH3 is 1. The fourth-order valence-corrected chi connectivity index (χ4v) is 4.70. The Balaban J connectivity index is 1.96. The van der Waals surface area contributed by atoms with Crippen molar-refractivity contribution in [3.63, 3.8) is 0 Å². The van der Waals surface area contributed by atoms with Crippen molar-refractivity contribution in [2.24, 2.45) is 0 Å². The number of hydrogen-bond acceptors (Lipinski definition) is 4. The molecule has 5 heteroatoms. The molecule has 2 rings (SSSR count). The number of carbonyl (C=O) groups is 2. The molecule has 0 aliphatic heterocycles. The highest BCUT2D eigenvalue weighted by Gasteiger charge is 2.26. The van der Waals surface area contributed by atoms with Crippen molar-refractivity contribution in [3.8, 4) is 0 Å². The Bertz CT molecular complexity index is 580. The zero-order valence-electron chi connectivity index (χ0n) is 15.6. The van der Waals surface area contributed by atoms with Crippen LogP contribution in [0.15, 0.2) is 0 Å². The first-order chi connectivity index (χ1) is 12.2. The predicted molar refractivity (Wildman–Crippen MR) is 104 cm³/mol. The van der Waals surface area contributed by atoms with E-state index in [1.165, 1.54) is 44.1 Å². The highest BCUT2D eigenvalue weighted by Crippen LogP contribution is 2.38. The van der Waals surface area contributed by atoms with Crippen LogP contribution in [0.1, 0.15) is 91.9 Å². The molecule has 0 aromatic carbocycles. The van der Waals surface area contributed by atoms with Gasteiger partial charge in [-0.3, -0.25) is 4.79 Å². The van der Waals surface area contributed by atoms with E-state index < -0.39 is 0 Å². The van der Waals surface area contributed by atoms with Crippen molar-refractivity contribution < 1.29 is 14.3 Å². The summed E-state index contributed by atoms with van der Waals surface area (Å²) in [5.74, 6) is -0.314. The Hall–Kier alpha value is -1.36. The summed E-state index contributed by atoms with van der Waals surface area (Å²) in [6.07, 6.45) is 12.8. The fraction of sp³-hybridized carbons (Fsp3) is 0.700. The number of rotatable bonds is 9. The molecule has 1 amide bonds. The number of ether oxygens (including phenoxy) is 1. The standard InChI is InChI=1S/C20H31NO3S/c1-3-4-5-6-7-11-14-17(22)21-19-18(20(23)24-2)15-12-9-8-10-13-16(15)25-19/h3-14H2,1-2H3,(H,21,22). The molecule has 0 spiro atoms. The van der Waals surface area contributed by atoms with Crippen molar-refractivity contribution in [3.05, 3.63) is 16.0 Å². The van der Waals surface area contributed by atoms with Gasteiger partial charge in [0.2, 0.25) is 5.91 Å². The zero-order valence-corrected chi connectivity index (χ0v) is 16.4. The topological polar surface area (TPSA) is 55.4 Å². The van der Waals surface area contributed by atoms with Gasteiger partial charge in [-0.25, -0.2) is 4.79 Å². The molecule has 4 nitrogen and oxygen atoms in total. The number of nitrogens with one attached hydrogen (secondary N) is 1. The largest absolute Gasteiger partial charge is 0.465 e. The maximum atomic E-state index is 12.3.